The van der Waals surface area contributed by atoms with Crippen LogP contribution >= 0.6 is 0 Å². The van der Waals surface area contributed by atoms with Crippen molar-refractivity contribution < 1.29 is 9.59 Å². The van der Waals surface area contributed by atoms with Crippen molar-refractivity contribution >= 4 is 23.6 Å². The predicted molar refractivity (Wildman–Crippen MR) is 61.4 cm³/mol. The number of hydrogen-bond donors (Lipinski definition) is 2. The van der Waals surface area contributed by atoms with Crippen LogP contribution < -0.4 is 10.7 Å². The summed E-state index contributed by atoms with van der Waals surface area (Å²) in [6, 6.07) is -0.326. The van der Waals surface area contributed by atoms with Gasteiger partial charge in [0.25, 0.3) is 11.6 Å². The Balaban J connectivity index is 2.62. The Morgan fingerprint density at radius 1 is 1.47 bits per heavy atom. The molecule has 17 heavy (non-hydrogen) atoms. The van der Waals surface area contributed by atoms with E-state index in [-0.39, 0.29) is 11.9 Å². The van der Waals surface area contributed by atoms with Crippen molar-refractivity contribution in [2.24, 2.45) is 10.1 Å². The van der Waals surface area contributed by atoms with Gasteiger partial charge in [0.2, 0.25) is 0 Å². The van der Waals surface area contributed by atoms with Crippen LogP contribution in [-0.2, 0) is 4.79 Å². The van der Waals surface area contributed by atoms with Crippen LogP contribution in [0.25, 0.3) is 0 Å². The van der Waals surface area contributed by atoms with Gasteiger partial charge in [-0.05, 0) is 6.92 Å². The molecule has 1 unspecified atom stereocenters. The lowest BCUT2D eigenvalue weighted by Gasteiger charge is -2.31. The maximum absolute atomic E-state index is 12.1. The summed E-state index contributed by atoms with van der Waals surface area (Å²) < 4.78 is 0. The number of aliphatic imine (C=N–C) groups is 1. The summed E-state index contributed by atoms with van der Waals surface area (Å²) in [5, 5.41) is 6.55. The molecule has 2 aliphatic rings. The highest BCUT2D eigenvalue weighted by Gasteiger charge is 2.59. The number of nitrogens with zero attached hydrogens (tertiary/aromatic N) is 4. The smallest absolute Gasteiger partial charge is 0.327 e. The summed E-state index contributed by atoms with van der Waals surface area (Å²) >= 11 is 0. The second-order valence-corrected chi connectivity index (χ2v) is 3.90. The van der Waals surface area contributed by atoms with Crippen LogP contribution in [0.2, 0.25) is 0 Å². The van der Waals surface area contributed by atoms with E-state index in [0.717, 1.165) is 0 Å². The normalized spacial score (nSPS) is 27.2. The van der Waals surface area contributed by atoms with Crippen molar-refractivity contribution in [3.8, 4) is 0 Å². The van der Waals surface area contributed by atoms with Crippen molar-refractivity contribution in [1.82, 2.24) is 20.5 Å². The molecule has 0 aromatic carbocycles. The van der Waals surface area contributed by atoms with E-state index in [4.69, 9.17) is 0 Å². The summed E-state index contributed by atoms with van der Waals surface area (Å²) in [6.45, 7) is 1.68. The highest BCUT2D eigenvalue weighted by Crippen LogP contribution is 2.30. The van der Waals surface area contributed by atoms with Crippen LogP contribution in [0.1, 0.15) is 6.92 Å². The minimum Gasteiger partial charge on any atom is -0.355 e. The highest BCUT2D eigenvalue weighted by atomic mass is 16.2. The van der Waals surface area contributed by atoms with Crippen LogP contribution in [0.3, 0.4) is 0 Å². The fraction of sp³-hybridized carbons (Fsp3) is 0.556. The van der Waals surface area contributed by atoms with Crippen molar-refractivity contribution in [2.45, 2.75) is 12.6 Å². The second kappa shape index (κ2) is 3.44. The number of urea groups is 1. The standard InChI is InChI=1S/C9H14N6O2/c1-5-11-9(7(16)10-2)6(13-12-5)14(3)8(17)15(9)4/h1-4H3,(H,10,16)(H,11,12). The van der Waals surface area contributed by atoms with Gasteiger partial charge in [-0.1, -0.05) is 0 Å². The molecule has 3 amide bonds. The van der Waals surface area contributed by atoms with E-state index in [1.807, 2.05) is 0 Å². The molecule has 2 rings (SSSR count). The van der Waals surface area contributed by atoms with Crippen molar-refractivity contribution in [3.63, 3.8) is 0 Å². The zero-order valence-corrected chi connectivity index (χ0v) is 10.1. The first-order valence-corrected chi connectivity index (χ1v) is 5.09. The van der Waals surface area contributed by atoms with Gasteiger partial charge in [-0.2, -0.15) is 5.10 Å². The summed E-state index contributed by atoms with van der Waals surface area (Å²) in [5.74, 6) is 0.361. The number of amidine groups is 2. The highest BCUT2D eigenvalue weighted by molar-refractivity contribution is 6.23. The SMILES string of the molecule is CNC(=O)C12N=C(C)NN=C1N(C)C(=O)N2C. The Morgan fingerprint density at radius 3 is 2.71 bits per heavy atom. The van der Waals surface area contributed by atoms with Gasteiger partial charge in [0.05, 0.1) is 0 Å². The van der Waals surface area contributed by atoms with Crippen molar-refractivity contribution in [2.75, 3.05) is 21.1 Å². The summed E-state index contributed by atoms with van der Waals surface area (Å²) in [7, 11) is 4.58. The van der Waals surface area contributed by atoms with E-state index in [1.54, 1.807) is 14.0 Å². The summed E-state index contributed by atoms with van der Waals surface area (Å²) in [4.78, 5) is 30.8. The lowest BCUT2D eigenvalue weighted by Crippen LogP contribution is -2.59. The molecule has 8 nitrogen and oxygen atoms in total. The zero-order valence-electron chi connectivity index (χ0n) is 10.1. The molecule has 0 saturated carbocycles. The van der Waals surface area contributed by atoms with Crippen LogP contribution in [0.4, 0.5) is 4.79 Å². The van der Waals surface area contributed by atoms with Gasteiger partial charge < -0.3 is 5.32 Å². The van der Waals surface area contributed by atoms with E-state index in [0.29, 0.717) is 5.84 Å². The fourth-order valence-corrected chi connectivity index (χ4v) is 2.00. The minimum absolute atomic E-state index is 0.273. The van der Waals surface area contributed by atoms with E-state index in [9.17, 15) is 9.59 Å². The van der Waals surface area contributed by atoms with Crippen LogP contribution in [-0.4, -0.2) is 60.2 Å². The van der Waals surface area contributed by atoms with Crippen molar-refractivity contribution in [3.05, 3.63) is 0 Å². The van der Waals surface area contributed by atoms with Crippen LogP contribution in [0.15, 0.2) is 10.1 Å². The first-order valence-electron chi connectivity index (χ1n) is 5.09. The Bertz CT molecular complexity index is 456. The molecule has 1 saturated heterocycles. The van der Waals surface area contributed by atoms with Gasteiger partial charge in [-0.25, -0.2) is 9.79 Å². The molecule has 0 aromatic heterocycles. The molecule has 1 fully saturated rings. The molecular formula is C9H14N6O2. The van der Waals surface area contributed by atoms with E-state index < -0.39 is 11.6 Å². The number of hydrazone groups is 1. The molecular weight excluding hydrogens is 224 g/mol. The number of rotatable bonds is 1. The lowest BCUT2D eigenvalue weighted by atomic mass is 10.1. The Labute approximate surface area is 98.4 Å². The quantitative estimate of drug-likeness (QED) is 0.599. The molecule has 92 valence electrons. The number of amides is 3. The average molecular weight is 238 g/mol. The first-order chi connectivity index (χ1) is 7.95. The third-order valence-electron chi connectivity index (χ3n) is 2.89. The number of fused-ring (bicyclic) bond motifs is 1. The fourth-order valence-electron chi connectivity index (χ4n) is 2.00. The monoisotopic (exact) mass is 238 g/mol. The third-order valence-corrected chi connectivity index (χ3v) is 2.89. The maximum atomic E-state index is 12.1. The van der Waals surface area contributed by atoms with Gasteiger partial charge in [-0.15, -0.1) is 0 Å². The number of likely N-dealkylation sites (N-methyl/N-ethyl adjacent to an activating group) is 3. The largest absolute Gasteiger partial charge is 0.355 e. The number of nitrogens with one attached hydrogen (secondary N) is 2. The molecule has 0 radical (unpaired) electrons. The minimum atomic E-state index is -1.39. The van der Waals surface area contributed by atoms with Crippen molar-refractivity contribution in [1.29, 1.82) is 0 Å². The number of carbonyl (C=O) groups is 2. The predicted octanol–water partition coefficient (Wildman–Crippen LogP) is -1.24. The Kier molecular flexibility index (Phi) is 2.30. The number of carbonyl (C=O) groups excluding carboxylic acids is 2. The molecule has 0 bridgehead atoms. The Hall–Kier alpha value is -2.12. The molecule has 0 aliphatic carbocycles. The zero-order chi connectivity index (χ0) is 12.8. The van der Waals surface area contributed by atoms with Gasteiger partial charge in [-0.3, -0.25) is 20.0 Å². The maximum Gasteiger partial charge on any atom is 0.327 e. The molecule has 0 aromatic rings. The third kappa shape index (κ3) is 1.23. The van der Waals surface area contributed by atoms with Gasteiger partial charge in [0.15, 0.2) is 5.84 Å². The Morgan fingerprint density at radius 2 is 2.12 bits per heavy atom. The number of hydrogen-bond acceptors (Lipinski definition) is 5. The second-order valence-electron chi connectivity index (χ2n) is 3.90. The topological polar surface area (TPSA) is 89.4 Å². The van der Waals surface area contributed by atoms with E-state index in [1.165, 1.54) is 23.9 Å². The molecule has 1 atom stereocenters. The first kappa shape index (κ1) is 11.4. The van der Waals surface area contributed by atoms with Crippen LogP contribution in [0.5, 0.6) is 0 Å². The van der Waals surface area contributed by atoms with E-state index >= 15 is 0 Å². The average Bonchev–Trinajstić information content (AvgIpc) is 2.51. The van der Waals surface area contributed by atoms with Gasteiger partial charge in [0, 0.05) is 21.1 Å². The van der Waals surface area contributed by atoms with Gasteiger partial charge in [0.1, 0.15) is 5.84 Å². The van der Waals surface area contributed by atoms with Gasteiger partial charge >= 0.3 is 6.03 Å². The molecule has 8 heteroatoms. The lowest BCUT2D eigenvalue weighted by molar-refractivity contribution is -0.126. The van der Waals surface area contributed by atoms with Crippen LogP contribution in [0, 0.1) is 0 Å². The molecule has 2 aliphatic heterocycles. The molecule has 2 heterocycles. The molecule has 0 spiro atoms. The molecule has 2 N–H and O–H groups in total. The summed E-state index contributed by atoms with van der Waals surface area (Å²) in [5.41, 5.74) is 1.27. The van der Waals surface area contributed by atoms with E-state index in [2.05, 4.69) is 20.8 Å². The summed E-state index contributed by atoms with van der Waals surface area (Å²) in [6.07, 6.45) is 0.